The van der Waals surface area contributed by atoms with Crippen molar-refractivity contribution in [1.29, 1.82) is 0 Å². The lowest BCUT2D eigenvalue weighted by atomic mass is 10.3. The number of aromatic nitrogens is 4. The van der Waals surface area contributed by atoms with E-state index in [0.29, 0.717) is 18.8 Å². The zero-order chi connectivity index (χ0) is 13.1. The molecule has 0 aliphatic heterocycles. The summed E-state index contributed by atoms with van der Waals surface area (Å²) in [6.07, 6.45) is 3.38. The summed E-state index contributed by atoms with van der Waals surface area (Å²) in [6, 6.07) is 9.69. The second-order valence-corrected chi connectivity index (χ2v) is 4.29. The lowest BCUT2D eigenvalue weighted by Gasteiger charge is -2.07. The molecule has 0 aliphatic carbocycles. The van der Waals surface area contributed by atoms with Crippen LogP contribution in [0.3, 0.4) is 0 Å². The number of halogens is 1. The van der Waals surface area contributed by atoms with E-state index in [2.05, 4.69) is 15.0 Å². The summed E-state index contributed by atoms with van der Waals surface area (Å²) < 4.78 is 7.58. The van der Waals surface area contributed by atoms with Crippen LogP contribution in [0.1, 0.15) is 0 Å². The summed E-state index contributed by atoms with van der Waals surface area (Å²) in [4.78, 5) is 12.2. The van der Waals surface area contributed by atoms with Gasteiger partial charge in [0.15, 0.2) is 5.65 Å². The number of ether oxygens (including phenoxy) is 1. The van der Waals surface area contributed by atoms with E-state index in [9.17, 15) is 0 Å². The van der Waals surface area contributed by atoms with Gasteiger partial charge in [0.25, 0.3) is 0 Å². The summed E-state index contributed by atoms with van der Waals surface area (Å²) in [6.45, 7) is 1.23. The van der Waals surface area contributed by atoms with E-state index in [1.54, 1.807) is 12.5 Å². The van der Waals surface area contributed by atoms with Crippen LogP contribution in [-0.4, -0.2) is 26.1 Å². The highest BCUT2D eigenvalue weighted by molar-refractivity contribution is 6.28. The van der Waals surface area contributed by atoms with Gasteiger partial charge in [0.05, 0.1) is 19.1 Å². The van der Waals surface area contributed by atoms with E-state index >= 15 is 0 Å². The van der Waals surface area contributed by atoms with Gasteiger partial charge in [0, 0.05) is 0 Å². The molecular weight excluding hydrogens is 264 g/mol. The third-order valence-corrected chi connectivity index (χ3v) is 2.88. The van der Waals surface area contributed by atoms with Crippen molar-refractivity contribution in [3.8, 4) is 5.75 Å². The Bertz CT molecular complexity index is 683. The molecule has 0 atom stereocenters. The standard InChI is InChI=1S/C13H11ClN4O/c14-13-15-8-11-12(17-13)16-9-18(11)6-7-19-10-4-2-1-3-5-10/h1-5,8-9H,6-7H2. The quantitative estimate of drug-likeness (QED) is 0.686. The Morgan fingerprint density at radius 1 is 1.16 bits per heavy atom. The summed E-state index contributed by atoms with van der Waals surface area (Å²) in [7, 11) is 0. The summed E-state index contributed by atoms with van der Waals surface area (Å²) in [5.74, 6) is 0.853. The van der Waals surface area contributed by atoms with E-state index in [-0.39, 0.29) is 5.28 Å². The predicted molar refractivity (Wildman–Crippen MR) is 72.3 cm³/mol. The molecule has 96 valence electrons. The highest BCUT2D eigenvalue weighted by Gasteiger charge is 2.05. The van der Waals surface area contributed by atoms with Crippen LogP contribution in [0.25, 0.3) is 11.2 Å². The van der Waals surface area contributed by atoms with Crippen molar-refractivity contribution < 1.29 is 4.74 Å². The number of hydrogen-bond donors (Lipinski definition) is 0. The molecule has 6 heteroatoms. The third kappa shape index (κ3) is 2.66. The second-order valence-electron chi connectivity index (χ2n) is 3.95. The van der Waals surface area contributed by atoms with Gasteiger partial charge in [-0.25, -0.2) is 9.97 Å². The van der Waals surface area contributed by atoms with Crippen molar-refractivity contribution in [1.82, 2.24) is 19.5 Å². The Labute approximate surface area is 114 Å². The molecule has 0 aliphatic rings. The molecule has 19 heavy (non-hydrogen) atoms. The molecule has 0 spiro atoms. The summed E-state index contributed by atoms with van der Waals surface area (Å²) in [5.41, 5.74) is 1.45. The first-order chi connectivity index (χ1) is 9.33. The zero-order valence-corrected chi connectivity index (χ0v) is 10.8. The minimum Gasteiger partial charge on any atom is -0.492 e. The van der Waals surface area contributed by atoms with Crippen LogP contribution < -0.4 is 4.74 Å². The highest BCUT2D eigenvalue weighted by atomic mass is 35.5. The first-order valence-electron chi connectivity index (χ1n) is 5.84. The van der Waals surface area contributed by atoms with Gasteiger partial charge in [-0.05, 0) is 23.7 Å². The number of benzene rings is 1. The molecule has 1 aromatic carbocycles. The number of para-hydroxylation sites is 1. The molecule has 2 heterocycles. The molecule has 0 N–H and O–H groups in total. The van der Waals surface area contributed by atoms with E-state index < -0.39 is 0 Å². The van der Waals surface area contributed by atoms with Crippen molar-refractivity contribution in [2.75, 3.05) is 6.61 Å². The summed E-state index contributed by atoms with van der Waals surface area (Å²) >= 11 is 5.72. The smallest absolute Gasteiger partial charge is 0.224 e. The Kier molecular flexibility index (Phi) is 3.29. The van der Waals surface area contributed by atoms with Crippen LogP contribution in [0.15, 0.2) is 42.9 Å². The van der Waals surface area contributed by atoms with Gasteiger partial charge in [0.1, 0.15) is 17.9 Å². The minimum absolute atomic E-state index is 0.207. The summed E-state index contributed by atoms with van der Waals surface area (Å²) in [5, 5.41) is 0.207. The van der Waals surface area contributed by atoms with Crippen molar-refractivity contribution >= 4 is 22.8 Å². The molecule has 3 rings (SSSR count). The van der Waals surface area contributed by atoms with Gasteiger partial charge in [0.2, 0.25) is 5.28 Å². The maximum atomic E-state index is 5.72. The SMILES string of the molecule is Clc1ncc2c(ncn2CCOc2ccccc2)n1. The predicted octanol–water partition coefficient (Wildman–Crippen LogP) is 2.56. The second kappa shape index (κ2) is 5.24. The Morgan fingerprint density at radius 3 is 2.84 bits per heavy atom. The molecule has 0 unspecified atom stereocenters. The minimum atomic E-state index is 0.207. The molecule has 0 bridgehead atoms. The molecule has 0 saturated carbocycles. The van der Waals surface area contributed by atoms with Crippen molar-refractivity contribution in [2.45, 2.75) is 6.54 Å². The zero-order valence-electron chi connectivity index (χ0n) is 10.0. The average Bonchev–Trinajstić information content (AvgIpc) is 2.82. The molecule has 0 radical (unpaired) electrons. The van der Waals surface area contributed by atoms with Gasteiger partial charge in [-0.2, -0.15) is 4.98 Å². The van der Waals surface area contributed by atoms with Crippen LogP contribution in [0.5, 0.6) is 5.75 Å². The molecule has 3 aromatic rings. The maximum Gasteiger partial charge on any atom is 0.224 e. The monoisotopic (exact) mass is 274 g/mol. The molecule has 0 amide bonds. The first-order valence-corrected chi connectivity index (χ1v) is 6.22. The number of imidazole rings is 1. The molecular formula is C13H11ClN4O. The largest absolute Gasteiger partial charge is 0.492 e. The van der Waals surface area contributed by atoms with Crippen molar-refractivity contribution in [3.63, 3.8) is 0 Å². The van der Waals surface area contributed by atoms with Gasteiger partial charge in [-0.3, -0.25) is 0 Å². The van der Waals surface area contributed by atoms with Crippen molar-refractivity contribution in [2.24, 2.45) is 0 Å². The molecule has 0 fully saturated rings. The van der Waals surface area contributed by atoms with Crippen LogP contribution in [0.2, 0.25) is 5.28 Å². The van der Waals surface area contributed by atoms with Gasteiger partial charge < -0.3 is 9.30 Å². The number of rotatable bonds is 4. The first kappa shape index (κ1) is 11.9. The third-order valence-electron chi connectivity index (χ3n) is 2.69. The Morgan fingerprint density at radius 2 is 2.00 bits per heavy atom. The van der Waals surface area contributed by atoms with Gasteiger partial charge in [-0.15, -0.1) is 0 Å². The van der Waals surface area contributed by atoms with Gasteiger partial charge in [-0.1, -0.05) is 18.2 Å². The van der Waals surface area contributed by atoms with E-state index in [4.69, 9.17) is 16.3 Å². The fourth-order valence-electron chi connectivity index (χ4n) is 1.79. The molecule has 0 saturated heterocycles. The Balaban J connectivity index is 1.69. The maximum absolute atomic E-state index is 5.72. The number of hydrogen-bond acceptors (Lipinski definition) is 4. The lowest BCUT2D eigenvalue weighted by molar-refractivity contribution is 0.300. The normalized spacial score (nSPS) is 10.8. The van der Waals surface area contributed by atoms with Crippen molar-refractivity contribution in [3.05, 3.63) is 48.1 Å². The van der Waals surface area contributed by atoms with E-state index in [1.807, 2.05) is 34.9 Å². The van der Waals surface area contributed by atoms with Crippen LogP contribution in [0, 0.1) is 0 Å². The number of nitrogens with zero attached hydrogens (tertiary/aromatic N) is 4. The van der Waals surface area contributed by atoms with E-state index in [0.717, 1.165) is 11.3 Å². The van der Waals surface area contributed by atoms with Crippen LogP contribution in [0.4, 0.5) is 0 Å². The fraction of sp³-hybridized carbons (Fsp3) is 0.154. The lowest BCUT2D eigenvalue weighted by Crippen LogP contribution is -2.07. The average molecular weight is 275 g/mol. The molecule has 5 nitrogen and oxygen atoms in total. The fourth-order valence-corrected chi connectivity index (χ4v) is 1.92. The Hall–Kier alpha value is -2.14. The molecule has 2 aromatic heterocycles. The van der Waals surface area contributed by atoms with Gasteiger partial charge >= 0.3 is 0 Å². The topological polar surface area (TPSA) is 52.8 Å². The van der Waals surface area contributed by atoms with Crippen LogP contribution >= 0.6 is 11.6 Å². The highest BCUT2D eigenvalue weighted by Crippen LogP contribution is 2.12. The van der Waals surface area contributed by atoms with E-state index in [1.165, 1.54) is 0 Å². The number of fused-ring (bicyclic) bond motifs is 1. The van der Waals surface area contributed by atoms with Crippen LogP contribution in [-0.2, 0) is 6.54 Å².